The van der Waals surface area contributed by atoms with Crippen LogP contribution in [0, 0.1) is 0 Å². The largest absolute Gasteiger partial charge is 0.299 e. The van der Waals surface area contributed by atoms with Crippen LogP contribution in [0.4, 0.5) is 0 Å². The first-order valence-electron chi connectivity index (χ1n) is 7.36. The second kappa shape index (κ2) is 5.87. The zero-order chi connectivity index (χ0) is 13.9. The number of rotatable bonds is 6. The molecule has 0 aromatic heterocycles. The Hall–Kier alpha value is -1.15. The maximum Gasteiger partial charge on any atom is 0.150 e. The van der Waals surface area contributed by atoms with E-state index in [-0.39, 0.29) is 11.5 Å². The summed E-state index contributed by atoms with van der Waals surface area (Å²) < 4.78 is 0. The summed E-state index contributed by atoms with van der Waals surface area (Å²) in [5.74, 6) is 0.399. The Bertz CT molecular complexity index is 420. The molecule has 0 radical (unpaired) electrons. The van der Waals surface area contributed by atoms with E-state index in [1.165, 1.54) is 12.0 Å². The van der Waals surface area contributed by atoms with Crippen molar-refractivity contribution in [2.24, 2.45) is 0 Å². The van der Waals surface area contributed by atoms with Crippen molar-refractivity contribution in [3.8, 4) is 0 Å². The van der Waals surface area contributed by atoms with Crippen LogP contribution >= 0.6 is 0 Å². The van der Waals surface area contributed by atoms with Gasteiger partial charge in [0.15, 0.2) is 5.78 Å². The lowest BCUT2D eigenvalue weighted by Crippen LogP contribution is -2.56. The van der Waals surface area contributed by atoms with Crippen LogP contribution in [0.1, 0.15) is 44.6 Å². The third-order valence-electron chi connectivity index (χ3n) is 4.44. The van der Waals surface area contributed by atoms with Crippen LogP contribution in [0.15, 0.2) is 30.3 Å². The third-order valence-corrected chi connectivity index (χ3v) is 4.44. The highest BCUT2D eigenvalue weighted by Gasteiger charge is 2.48. The molecule has 1 saturated carbocycles. The Morgan fingerprint density at radius 3 is 2.32 bits per heavy atom. The van der Waals surface area contributed by atoms with Crippen LogP contribution in [-0.2, 0) is 10.2 Å². The molecule has 0 N–H and O–H groups in total. The highest BCUT2D eigenvalue weighted by atomic mass is 16.1. The van der Waals surface area contributed by atoms with E-state index in [9.17, 15) is 4.79 Å². The molecule has 1 fully saturated rings. The monoisotopic (exact) mass is 259 g/mol. The van der Waals surface area contributed by atoms with E-state index in [4.69, 9.17) is 0 Å². The van der Waals surface area contributed by atoms with Gasteiger partial charge in [0, 0.05) is 11.8 Å². The van der Waals surface area contributed by atoms with E-state index in [1.54, 1.807) is 0 Å². The minimum atomic E-state index is 0.0311. The minimum Gasteiger partial charge on any atom is -0.299 e. The molecule has 0 saturated heterocycles. The number of carbonyl (C=O) groups excluding carboxylic acids is 1. The molecule has 0 aliphatic heterocycles. The first kappa shape index (κ1) is 14.3. The molecule has 1 aromatic carbocycles. The maximum absolute atomic E-state index is 12.6. The summed E-state index contributed by atoms with van der Waals surface area (Å²) in [5, 5.41) is 0. The Labute approximate surface area is 116 Å². The summed E-state index contributed by atoms with van der Waals surface area (Å²) in [7, 11) is 4.09. The molecule has 1 atom stereocenters. The highest BCUT2D eigenvalue weighted by Crippen LogP contribution is 2.48. The van der Waals surface area contributed by atoms with Gasteiger partial charge in [-0.25, -0.2) is 0 Å². The number of benzene rings is 1. The molecule has 19 heavy (non-hydrogen) atoms. The molecular formula is C17H25NO. The van der Waals surface area contributed by atoms with Gasteiger partial charge in [-0.15, -0.1) is 0 Å². The van der Waals surface area contributed by atoms with Crippen molar-refractivity contribution in [2.45, 2.75) is 50.5 Å². The van der Waals surface area contributed by atoms with Crippen LogP contribution in [-0.4, -0.2) is 30.8 Å². The third kappa shape index (κ3) is 2.59. The lowest BCUT2D eigenvalue weighted by Gasteiger charge is -2.50. The molecule has 2 nitrogen and oxygen atoms in total. The molecule has 2 rings (SSSR count). The van der Waals surface area contributed by atoms with Gasteiger partial charge in [0.2, 0.25) is 0 Å². The van der Waals surface area contributed by atoms with Crippen LogP contribution in [0.3, 0.4) is 0 Å². The SMILES string of the molecule is CCCC(=O)C(N(C)C)C1(c2ccccc2)CCC1. The van der Waals surface area contributed by atoms with E-state index >= 15 is 0 Å². The van der Waals surface area contributed by atoms with E-state index in [1.807, 2.05) is 20.2 Å². The summed E-state index contributed by atoms with van der Waals surface area (Å²) in [4.78, 5) is 14.7. The van der Waals surface area contributed by atoms with E-state index in [0.717, 1.165) is 19.3 Å². The molecule has 0 bridgehead atoms. The zero-order valence-electron chi connectivity index (χ0n) is 12.4. The molecule has 1 aliphatic rings. The zero-order valence-corrected chi connectivity index (χ0v) is 12.4. The standard InChI is InChI=1S/C17H25NO/c1-4-9-15(19)16(18(2)3)17(12-8-13-17)14-10-6-5-7-11-14/h5-7,10-11,16H,4,8-9,12-13H2,1-3H3. The van der Waals surface area contributed by atoms with Crippen molar-refractivity contribution in [1.82, 2.24) is 4.90 Å². The smallest absolute Gasteiger partial charge is 0.150 e. The van der Waals surface area contributed by atoms with Gasteiger partial charge >= 0.3 is 0 Å². The molecule has 2 heteroatoms. The molecule has 1 aromatic rings. The van der Waals surface area contributed by atoms with Crippen LogP contribution in [0.25, 0.3) is 0 Å². The fourth-order valence-electron chi connectivity index (χ4n) is 3.52. The Kier molecular flexibility index (Phi) is 4.41. The van der Waals surface area contributed by atoms with Crippen molar-refractivity contribution in [1.29, 1.82) is 0 Å². The Morgan fingerprint density at radius 2 is 1.89 bits per heavy atom. The number of hydrogen-bond donors (Lipinski definition) is 0. The Morgan fingerprint density at radius 1 is 1.26 bits per heavy atom. The van der Waals surface area contributed by atoms with Gasteiger partial charge in [0.05, 0.1) is 6.04 Å². The highest BCUT2D eigenvalue weighted by molar-refractivity contribution is 5.86. The van der Waals surface area contributed by atoms with Gasteiger partial charge in [0.1, 0.15) is 0 Å². The number of likely N-dealkylation sites (N-methyl/N-ethyl adjacent to an activating group) is 1. The van der Waals surface area contributed by atoms with Crippen LogP contribution in [0.5, 0.6) is 0 Å². The van der Waals surface area contributed by atoms with Gasteiger partial charge < -0.3 is 0 Å². The average Bonchev–Trinajstić information content (AvgIpc) is 2.34. The van der Waals surface area contributed by atoms with Crippen molar-refractivity contribution >= 4 is 5.78 Å². The van der Waals surface area contributed by atoms with Crippen LogP contribution < -0.4 is 0 Å². The lowest BCUT2D eigenvalue weighted by atomic mass is 9.58. The van der Waals surface area contributed by atoms with Crippen LogP contribution in [0.2, 0.25) is 0 Å². The Balaban J connectivity index is 2.35. The minimum absolute atomic E-state index is 0.0311. The summed E-state index contributed by atoms with van der Waals surface area (Å²) in [6.07, 6.45) is 5.13. The molecule has 0 spiro atoms. The number of hydrogen-bond acceptors (Lipinski definition) is 2. The molecule has 0 amide bonds. The lowest BCUT2D eigenvalue weighted by molar-refractivity contribution is -0.127. The van der Waals surface area contributed by atoms with E-state index in [2.05, 4.69) is 36.1 Å². The fraction of sp³-hybridized carbons (Fsp3) is 0.588. The summed E-state index contributed by atoms with van der Waals surface area (Å²) in [5.41, 5.74) is 1.39. The maximum atomic E-state index is 12.6. The van der Waals surface area contributed by atoms with Gasteiger partial charge in [0.25, 0.3) is 0 Å². The number of nitrogens with zero attached hydrogens (tertiary/aromatic N) is 1. The predicted molar refractivity (Wildman–Crippen MR) is 79.4 cm³/mol. The molecule has 104 valence electrons. The topological polar surface area (TPSA) is 20.3 Å². The normalized spacial score (nSPS) is 18.9. The first-order chi connectivity index (χ1) is 9.12. The van der Waals surface area contributed by atoms with Crippen molar-refractivity contribution in [3.05, 3.63) is 35.9 Å². The quantitative estimate of drug-likeness (QED) is 0.780. The molecular weight excluding hydrogens is 234 g/mol. The van der Waals surface area contributed by atoms with E-state index in [0.29, 0.717) is 12.2 Å². The van der Waals surface area contributed by atoms with Crippen molar-refractivity contribution < 1.29 is 4.79 Å². The van der Waals surface area contributed by atoms with Gasteiger partial charge in [-0.2, -0.15) is 0 Å². The summed E-state index contributed by atoms with van der Waals surface area (Å²) in [6.45, 7) is 2.08. The number of Topliss-reactive ketones (excluding diaryl/α,β-unsaturated/α-hetero) is 1. The predicted octanol–water partition coefficient (Wildman–Crippen LogP) is 3.41. The second-order valence-corrected chi connectivity index (χ2v) is 5.96. The van der Waals surface area contributed by atoms with E-state index < -0.39 is 0 Å². The van der Waals surface area contributed by atoms with Gasteiger partial charge in [-0.3, -0.25) is 9.69 Å². The fourth-order valence-corrected chi connectivity index (χ4v) is 3.52. The van der Waals surface area contributed by atoms with Crippen molar-refractivity contribution in [3.63, 3.8) is 0 Å². The van der Waals surface area contributed by atoms with Crippen molar-refractivity contribution in [2.75, 3.05) is 14.1 Å². The molecule has 1 unspecified atom stereocenters. The summed E-state index contributed by atoms with van der Waals surface area (Å²) >= 11 is 0. The number of ketones is 1. The van der Waals surface area contributed by atoms with Gasteiger partial charge in [-0.05, 0) is 38.9 Å². The summed E-state index contributed by atoms with van der Waals surface area (Å²) in [6, 6.07) is 10.6. The second-order valence-electron chi connectivity index (χ2n) is 5.96. The average molecular weight is 259 g/mol. The molecule has 0 heterocycles. The van der Waals surface area contributed by atoms with Gasteiger partial charge in [-0.1, -0.05) is 43.7 Å². The first-order valence-corrected chi connectivity index (χ1v) is 7.36. The molecule has 1 aliphatic carbocycles. The number of carbonyl (C=O) groups is 1.